The fourth-order valence-corrected chi connectivity index (χ4v) is 3.80. The number of furan rings is 1. The van der Waals surface area contributed by atoms with Crippen LogP contribution in [0.2, 0.25) is 0 Å². The summed E-state index contributed by atoms with van der Waals surface area (Å²) < 4.78 is 5.49. The molecule has 0 unspecified atom stereocenters. The Morgan fingerprint density at radius 2 is 1.81 bits per heavy atom. The topological polar surface area (TPSA) is 63.8 Å². The Morgan fingerprint density at radius 3 is 2.73 bits per heavy atom. The van der Waals surface area contributed by atoms with Crippen LogP contribution < -0.4 is 5.32 Å². The van der Waals surface area contributed by atoms with Gasteiger partial charge in [-0.2, -0.15) is 0 Å². The minimum absolute atomic E-state index is 0.506. The van der Waals surface area contributed by atoms with Crippen molar-refractivity contribution in [2.24, 2.45) is 0 Å². The van der Waals surface area contributed by atoms with E-state index in [4.69, 9.17) is 4.42 Å². The molecule has 1 fully saturated rings. The third-order valence-corrected chi connectivity index (χ3v) is 5.22. The first kappa shape index (κ1) is 15.3. The van der Waals surface area contributed by atoms with Crippen molar-refractivity contribution in [3.8, 4) is 11.1 Å². The molecule has 1 aromatic carbocycles. The number of aromatic nitrogens is 3. The van der Waals surface area contributed by atoms with Crippen molar-refractivity contribution in [1.29, 1.82) is 0 Å². The third-order valence-electron chi connectivity index (χ3n) is 5.22. The van der Waals surface area contributed by atoms with E-state index in [-0.39, 0.29) is 0 Å². The van der Waals surface area contributed by atoms with Crippen LogP contribution in [0.4, 0.5) is 5.82 Å². The molecule has 1 aliphatic rings. The van der Waals surface area contributed by atoms with Crippen molar-refractivity contribution >= 4 is 27.8 Å². The summed E-state index contributed by atoms with van der Waals surface area (Å²) in [6, 6.07) is 10.7. The minimum atomic E-state index is 0.506. The number of nitrogens with zero attached hydrogens (tertiary/aromatic N) is 3. The van der Waals surface area contributed by atoms with Crippen LogP contribution in [0.15, 0.2) is 53.5 Å². The van der Waals surface area contributed by atoms with Crippen LogP contribution in [0, 0.1) is 0 Å². The standard InChI is InChI=1S/C21H20N4O/c1-2-4-16(5-3-1)25-21-17-10-14(6-7-18(17)23-13-24-21)15-11-20-19(22-12-15)8-9-26-20/h6-13,16H,1-5H2,(H,23,24,25). The summed E-state index contributed by atoms with van der Waals surface area (Å²) in [6.45, 7) is 0. The van der Waals surface area contributed by atoms with Crippen LogP contribution in [0.25, 0.3) is 33.1 Å². The van der Waals surface area contributed by atoms with E-state index in [0.29, 0.717) is 6.04 Å². The number of rotatable bonds is 3. The molecule has 1 N–H and O–H groups in total. The molecule has 0 aliphatic heterocycles. The first-order chi connectivity index (χ1) is 12.9. The van der Waals surface area contributed by atoms with E-state index in [9.17, 15) is 0 Å². The molecule has 5 nitrogen and oxygen atoms in total. The van der Waals surface area contributed by atoms with Crippen LogP contribution >= 0.6 is 0 Å². The molecule has 0 radical (unpaired) electrons. The fraction of sp³-hybridized carbons (Fsp3) is 0.286. The summed E-state index contributed by atoms with van der Waals surface area (Å²) >= 11 is 0. The van der Waals surface area contributed by atoms with E-state index < -0.39 is 0 Å². The highest BCUT2D eigenvalue weighted by Crippen LogP contribution is 2.30. The quantitative estimate of drug-likeness (QED) is 0.554. The predicted octanol–water partition coefficient (Wildman–Crippen LogP) is 5.18. The van der Waals surface area contributed by atoms with Gasteiger partial charge < -0.3 is 9.73 Å². The fourth-order valence-electron chi connectivity index (χ4n) is 3.80. The molecule has 3 aromatic heterocycles. The van der Waals surface area contributed by atoms with Crippen molar-refractivity contribution in [2.45, 2.75) is 38.1 Å². The molecule has 130 valence electrons. The highest BCUT2D eigenvalue weighted by molar-refractivity contribution is 5.93. The van der Waals surface area contributed by atoms with Gasteiger partial charge in [0, 0.05) is 29.3 Å². The summed E-state index contributed by atoms with van der Waals surface area (Å²) in [6.07, 6.45) is 11.5. The van der Waals surface area contributed by atoms with Gasteiger partial charge in [-0.1, -0.05) is 25.3 Å². The molecule has 4 aromatic rings. The summed E-state index contributed by atoms with van der Waals surface area (Å²) in [4.78, 5) is 13.4. The van der Waals surface area contributed by atoms with E-state index in [1.54, 1.807) is 12.6 Å². The lowest BCUT2D eigenvalue weighted by molar-refractivity contribution is 0.462. The minimum Gasteiger partial charge on any atom is -0.463 e. The Kier molecular flexibility index (Phi) is 3.77. The summed E-state index contributed by atoms with van der Waals surface area (Å²) in [5, 5.41) is 4.69. The zero-order chi connectivity index (χ0) is 17.3. The van der Waals surface area contributed by atoms with E-state index >= 15 is 0 Å². The molecular formula is C21H20N4O. The SMILES string of the molecule is c1nc(NC2CCCCC2)c2cc(-c3cnc4ccoc4c3)ccc2n1. The molecule has 0 spiro atoms. The van der Waals surface area contributed by atoms with Crippen molar-refractivity contribution in [3.05, 3.63) is 49.1 Å². The smallest absolute Gasteiger partial charge is 0.152 e. The Bertz CT molecular complexity index is 1070. The predicted molar refractivity (Wildman–Crippen MR) is 103 cm³/mol. The number of hydrogen-bond donors (Lipinski definition) is 1. The third kappa shape index (κ3) is 2.79. The van der Waals surface area contributed by atoms with Gasteiger partial charge >= 0.3 is 0 Å². The van der Waals surface area contributed by atoms with Crippen LogP contribution in [0.5, 0.6) is 0 Å². The molecule has 5 heteroatoms. The van der Waals surface area contributed by atoms with Gasteiger partial charge in [-0.05, 0) is 36.6 Å². The molecule has 0 saturated heterocycles. The van der Waals surface area contributed by atoms with Gasteiger partial charge in [-0.15, -0.1) is 0 Å². The van der Waals surface area contributed by atoms with Gasteiger partial charge in [0.25, 0.3) is 0 Å². The van der Waals surface area contributed by atoms with Gasteiger partial charge in [0.05, 0.1) is 11.8 Å². The average Bonchev–Trinajstić information content (AvgIpc) is 3.16. The lowest BCUT2D eigenvalue weighted by Crippen LogP contribution is -2.23. The number of pyridine rings is 1. The molecule has 0 bridgehead atoms. The van der Waals surface area contributed by atoms with E-state index in [0.717, 1.165) is 38.9 Å². The van der Waals surface area contributed by atoms with Gasteiger partial charge in [0.2, 0.25) is 0 Å². The van der Waals surface area contributed by atoms with E-state index in [1.807, 2.05) is 24.4 Å². The zero-order valence-electron chi connectivity index (χ0n) is 14.5. The number of nitrogens with one attached hydrogen (secondary N) is 1. The monoisotopic (exact) mass is 344 g/mol. The van der Waals surface area contributed by atoms with Crippen molar-refractivity contribution in [1.82, 2.24) is 15.0 Å². The highest BCUT2D eigenvalue weighted by atomic mass is 16.3. The van der Waals surface area contributed by atoms with Crippen LogP contribution in [-0.2, 0) is 0 Å². The molecule has 5 rings (SSSR count). The number of benzene rings is 1. The Morgan fingerprint density at radius 1 is 0.885 bits per heavy atom. The second-order valence-corrected chi connectivity index (χ2v) is 6.96. The Labute approximate surface area is 151 Å². The summed E-state index contributed by atoms with van der Waals surface area (Å²) in [5.74, 6) is 0.927. The second kappa shape index (κ2) is 6.41. The molecule has 3 heterocycles. The van der Waals surface area contributed by atoms with Crippen molar-refractivity contribution in [3.63, 3.8) is 0 Å². The van der Waals surface area contributed by atoms with E-state index in [2.05, 4.69) is 32.4 Å². The van der Waals surface area contributed by atoms with Crippen LogP contribution in [0.3, 0.4) is 0 Å². The maximum Gasteiger partial charge on any atom is 0.152 e. The first-order valence-corrected chi connectivity index (χ1v) is 9.22. The maximum absolute atomic E-state index is 5.49. The number of anilines is 1. The lowest BCUT2D eigenvalue weighted by Gasteiger charge is -2.23. The molecule has 0 amide bonds. The maximum atomic E-state index is 5.49. The van der Waals surface area contributed by atoms with Gasteiger partial charge in [-0.25, -0.2) is 9.97 Å². The molecule has 26 heavy (non-hydrogen) atoms. The lowest BCUT2D eigenvalue weighted by atomic mass is 9.95. The Hall–Kier alpha value is -2.95. The van der Waals surface area contributed by atoms with Crippen LogP contribution in [0.1, 0.15) is 32.1 Å². The first-order valence-electron chi connectivity index (χ1n) is 9.22. The number of hydrogen-bond acceptors (Lipinski definition) is 5. The molecular weight excluding hydrogens is 324 g/mol. The van der Waals surface area contributed by atoms with Gasteiger partial charge in [0.15, 0.2) is 5.58 Å². The normalized spacial score (nSPS) is 15.5. The van der Waals surface area contributed by atoms with Gasteiger partial charge in [-0.3, -0.25) is 4.98 Å². The molecule has 1 aliphatic carbocycles. The largest absolute Gasteiger partial charge is 0.463 e. The summed E-state index contributed by atoms with van der Waals surface area (Å²) in [5.41, 5.74) is 4.74. The highest BCUT2D eigenvalue weighted by Gasteiger charge is 2.15. The van der Waals surface area contributed by atoms with E-state index in [1.165, 1.54) is 32.1 Å². The average molecular weight is 344 g/mol. The van der Waals surface area contributed by atoms with Crippen LogP contribution in [-0.4, -0.2) is 21.0 Å². The van der Waals surface area contributed by atoms with Crippen molar-refractivity contribution in [2.75, 3.05) is 5.32 Å². The zero-order valence-corrected chi connectivity index (χ0v) is 14.5. The number of fused-ring (bicyclic) bond motifs is 2. The van der Waals surface area contributed by atoms with Crippen molar-refractivity contribution < 1.29 is 4.42 Å². The Balaban J connectivity index is 1.55. The van der Waals surface area contributed by atoms with Gasteiger partial charge in [0.1, 0.15) is 17.7 Å². The summed E-state index contributed by atoms with van der Waals surface area (Å²) in [7, 11) is 0. The molecule has 0 atom stereocenters. The molecule has 1 saturated carbocycles. The second-order valence-electron chi connectivity index (χ2n) is 6.96.